The zero-order valence-corrected chi connectivity index (χ0v) is 20.5. The van der Waals surface area contributed by atoms with Crippen LogP contribution in [0.2, 0.25) is 0 Å². The van der Waals surface area contributed by atoms with Gasteiger partial charge in [0.05, 0.1) is 24.9 Å². The molecule has 3 aromatic rings. The lowest BCUT2D eigenvalue weighted by molar-refractivity contribution is 0.0985. The Morgan fingerprint density at radius 3 is 2.71 bits per heavy atom. The smallest absolute Gasteiger partial charge is 0.324 e. The van der Waals surface area contributed by atoms with Crippen molar-refractivity contribution in [2.75, 3.05) is 35.3 Å². The highest BCUT2D eigenvalue weighted by Gasteiger charge is 2.22. The molecular weight excluding hydrogens is 448 g/mol. The zero-order chi connectivity index (χ0) is 23.9. The van der Waals surface area contributed by atoms with Crippen LogP contribution in [0.5, 0.6) is 0 Å². The number of rotatable bonds is 7. The number of carbonyl (C=O) groups is 1. The SMILES string of the molecule is CC(C)SCc1cc(N2CCOC[C@@H]2C)nc(-c2ccc(NC(=O)Nc3ccccn3)cc2)n1. The van der Waals surface area contributed by atoms with Crippen molar-refractivity contribution in [1.82, 2.24) is 15.0 Å². The lowest BCUT2D eigenvalue weighted by Crippen LogP contribution is -2.44. The topological polar surface area (TPSA) is 92.3 Å². The number of hydrogen-bond donors (Lipinski definition) is 2. The highest BCUT2D eigenvalue weighted by molar-refractivity contribution is 7.99. The van der Waals surface area contributed by atoms with Gasteiger partial charge in [0.15, 0.2) is 5.82 Å². The highest BCUT2D eigenvalue weighted by atomic mass is 32.2. The molecule has 34 heavy (non-hydrogen) atoms. The van der Waals surface area contributed by atoms with E-state index in [0.29, 0.717) is 35.8 Å². The zero-order valence-electron chi connectivity index (χ0n) is 19.7. The summed E-state index contributed by atoms with van der Waals surface area (Å²) in [6.45, 7) is 8.72. The summed E-state index contributed by atoms with van der Waals surface area (Å²) >= 11 is 1.86. The van der Waals surface area contributed by atoms with Crippen LogP contribution in [0.3, 0.4) is 0 Å². The number of aromatic nitrogens is 3. The summed E-state index contributed by atoms with van der Waals surface area (Å²) in [7, 11) is 0. The molecule has 2 aromatic heterocycles. The third kappa shape index (κ3) is 6.45. The van der Waals surface area contributed by atoms with Crippen molar-refractivity contribution in [3.63, 3.8) is 0 Å². The Morgan fingerprint density at radius 1 is 1.18 bits per heavy atom. The molecular formula is C25H30N6O2S. The molecule has 0 unspecified atom stereocenters. The van der Waals surface area contributed by atoms with Crippen LogP contribution >= 0.6 is 11.8 Å². The number of amides is 2. The quantitative estimate of drug-likeness (QED) is 0.491. The van der Waals surface area contributed by atoms with Crippen molar-refractivity contribution < 1.29 is 9.53 Å². The van der Waals surface area contributed by atoms with Crippen molar-refractivity contribution in [3.8, 4) is 11.4 Å². The summed E-state index contributed by atoms with van der Waals surface area (Å²) < 4.78 is 5.61. The van der Waals surface area contributed by atoms with Crippen LogP contribution in [0.4, 0.5) is 22.1 Å². The number of benzene rings is 1. The van der Waals surface area contributed by atoms with Gasteiger partial charge in [-0.3, -0.25) is 5.32 Å². The highest BCUT2D eigenvalue weighted by Crippen LogP contribution is 2.26. The summed E-state index contributed by atoms with van der Waals surface area (Å²) in [5, 5.41) is 6.06. The molecule has 2 N–H and O–H groups in total. The van der Waals surface area contributed by atoms with Crippen molar-refractivity contribution in [2.45, 2.75) is 37.8 Å². The second-order valence-corrected chi connectivity index (χ2v) is 9.95. The monoisotopic (exact) mass is 478 g/mol. The number of nitrogens with zero attached hydrogens (tertiary/aromatic N) is 4. The number of carbonyl (C=O) groups excluding carboxylic acids is 1. The van der Waals surface area contributed by atoms with Crippen LogP contribution in [-0.4, -0.2) is 52.0 Å². The molecule has 1 aliphatic heterocycles. The number of ether oxygens (including phenoxy) is 1. The van der Waals surface area contributed by atoms with E-state index >= 15 is 0 Å². The standard InChI is InChI=1S/C25H30N6O2S/c1-17(2)34-16-21-14-23(31-12-13-33-15-18(31)3)30-24(27-21)19-7-9-20(10-8-19)28-25(32)29-22-6-4-5-11-26-22/h4-11,14,17-18H,12-13,15-16H2,1-3H3,(H2,26,28,29,32)/t18-/m0/s1. The maximum absolute atomic E-state index is 12.3. The Labute approximate surface area is 204 Å². The number of nitrogens with one attached hydrogen (secondary N) is 2. The molecule has 2 amide bonds. The molecule has 178 valence electrons. The molecule has 1 atom stereocenters. The molecule has 0 radical (unpaired) electrons. The molecule has 1 saturated heterocycles. The summed E-state index contributed by atoms with van der Waals surface area (Å²) in [6.07, 6.45) is 1.63. The first-order valence-electron chi connectivity index (χ1n) is 11.4. The number of urea groups is 1. The van der Waals surface area contributed by atoms with Gasteiger partial charge >= 0.3 is 6.03 Å². The maximum atomic E-state index is 12.3. The van der Waals surface area contributed by atoms with Gasteiger partial charge in [0.25, 0.3) is 0 Å². The van der Waals surface area contributed by atoms with Crippen LogP contribution in [-0.2, 0) is 10.5 Å². The van der Waals surface area contributed by atoms with Gasteiger partial charge in [-0.15, -0.1) is 0 Å². The Balaban J connectivity index is 1.53. The molecule has 1 fully saturated rings. The van der Waals surface area contributed by atoms with Crippen molar-refractivity contribution >= 4 is 35.1 Å². The number of anilines is 3. The Kier molecular flexibility index (Phi) is 7.97. The third-order valence-electron chi connectivity index (χ3n) is 5.30. The fourth-order valence-corrected chi connectivity index (χ4v) is 4.22. The van der Waals surface area contributed by atoms with Crippen LogP contribution in [0.25, 0.3) is 11.4 Å². The van der Waals surface area contributed by atoms with E-state index in [1.807, 2.05) is 42.1 Å². The molecule has 0 spiro atoms. The second kappa shape index (κ2) is 11.3. The minimum absolute atomic E-state index is 0.256. The normalized spacial score (nSPS) is 15.9. The number of morpholine rings is 1. The van der Waals surface area contributed by atoms with E-state index in [2.05, 4.69) is 47.4 Å². The van der Waals surface area contributed by atoms with Gasteiger partial charge in [0.2, 0.25) is 0 Å². The second-order valence-electron chi connectivity index (χ2n) is 8.39. The van der Waals surface area contributed by atoms with Gasteiger partial charge in [0, 0.05) is 35.8 Å². The first kappa shape index (κ1) is 24.0. The number of pyridine rings is 1. The van der Waals surface area contributed by atoms with E-state index < -0.39 is 0 Å². The van der Waals surface area contributed by atoms with Gasteiger partial charge < -0.3 is 15.0 Å². The first-order valence-corrected chi connectivity index (χ1v) is 12.5. The molecule has 3 heterocycles. The van der Waals surface area contributed by atoms with Crippen LogP contribution in [0.15, 0.2) is 54.7 Å². The lowest BCUT2D eigenvalue weighted by atomic mass is 10.2. The van der Waals surface area contributed by atoms with Crippen molar-refractivity contribution in [2.24, 2.45) is 0 Å². The van der Waals surface area contributed by atoms with Crippen molar-refractivity contribution in [1.29, 1.82) is 0 Å². The van der Waals surface area contributed by atoms with Crippen LogP contribution < -0.4 is 15.5 Å². The molecule has 8 nitrogen and oxygen atoms in total. The van der Waals surface area contributed by atoms with E-state index in [0.717, 1.165) is 29.4 Å². The molecule has 1 aromatic carbocycles. The average Bonchev–Trinajstić information content (AvgIpc) is 2.84. The van der Waals surface area contributed by atoms with Gasteiger partial charge in [-0.2, -0.15) is 11.8 Å². The van der Waals surface area contributed by atoms with E-state index in [-0.39, 0.29) is 12.1 Å². The largest absolute Gasteiger partial charge is 0.377 e. The Morgan fingerprint density at radius 2 is 2.00 bits per heavy atom. The maximum Gasteiger partial charge on any atom is 0.324 e. The Hall–Kier alpha value is -3.17. The van der Waals surface area contributed by atoms with E-state index in [1.165, 1.54) is 0 Å². The van der Waals surface area contributed by atoms with Crippen molar-refractivity contribution in [3.05, 3.63) is 60.4 Å². The molecule has 4 rings (SSSR count). The lowest BCUT2D eigenvalue weighted by Gasteiger charge is -2.34. The number of hydrogen-bond acceptors (Lipinski definition) is 7. The molecule has 0 bridgehead atoms. The van der Waals surface area contributed by atoms with Gasteiger partial charge in [-0.05, 0) is 48.6 Å². The van der Waals surface area contributed by atoms with Gasteiger partial charge in [-0.25, -0.2) is 19.7 Å². The summed E-state index contributed by atoms with van der Waals surface area (Å²) in [5.74, 6) is 2.93. The summed E-state index contributed by atoms with van der Waals surface area (Å²) in [6, 6.07) is 14.9. The third-order valence-corrected chi connectivity index (χ3v) is 6.43. The first-order chi connectivity index (χ1) is 16.5. The van der Waals surface area contributed by atoms with E-state index in [1.54, 1.807) is 18.3 Å². The molecule has 0 saturated carbocycles. The van der Waals surface area contributed by atoms with Crippen LogP contribution in [0.1, 0.15) is 26.5 Å². The van der Waals surface area contributed by atoms with E-state index in [4.69, 9.17) is 14.7 Å². The van der Waals surface area contributed by atoms with Gasteiger partial charge in [-0.1, -0.05) is 19.9 Å². The van der Waals surface area contributed by atoms with E-state index in [9.17, 15) is 4.79 Å². The van der Waals surface area contributed by atoms with Gasteiger partial charge in [0.1, 0.15) is 11.6 Å². The predicted molar refractivity (Wildman–Crippen MR) is 138 cm³/mol. The summed E-state index contributed by atoms with van der Waals surface area (Å²) in [4.78, 5) is 28.4. The predicted octanol–water partition coefficient (Wildman–Crippen LogP) is 5.05. The number of thioether (sulfide) groups is 1. The molecule has 9 heteroatoms. The molecule has 0 aliphatic carbocycles. The molecule has 1 aliphatic rings. The average molecular weight is 479 g/mol. The fourth-order valence-electron chi connectivity index (χ4n) is 3.57. The Bertz CT molecular complexity index is 1090. The van der Waals surface area contributed by atoms with Crippen LogP contribution in [0, 0.1) is 0 Å². The minimum atomic E-state index is -0.348. The fraction of sp³-hybridized carbons (Fsp3) is 0.360. The summed E-state index contributed by atoms with van der Waals surface area (Å²) in [5.41, 5.74) is 2.58. The minimum Gasteiger partial charge on any atom is -0.377 e.